The van der Waals surface area contributed by atoms with Crippen LogP contribution in [0, 0.1) is 0 Å². The van der Waals surface area contributed by atoms with E-state index in [4.69, 9.17) is 23.1 Å². The van der Waals surface area contributed by atoms with Crippen LogP contribution in [0.4, 0.5) is 5.69 Å². The van der Waals surface area contributed by atoms with Crippen LogP contribution >= 0.6 is 11.6 Å². The van der Waals surface area contributed by atoms with Gasteiger partial charge in [0.25, 0.3) is 0 Å². The molecular weight excluding hydrogens is 242 g/mol. The second-order valence-electron chi connectivity index (χ2n) is 4.17. The van der Waals surface area contributed by atoms with Gasteiger partial charge in [0, 0.05) is 5.69 Å². The van der Waals surface area contributed by atoms with E-state index < -0.39 is 11.4 Å². The van der Waals surface area contributed by atoms with E-state index >= 15 is 0 Å². The number of halogens is 1. The number of nitrogens with two attached hydrogens (primary N) is 2. The number of carbonyl (C=O) groups excluding carboxylic acids is 2. The van der Waals surface area contributed by atoms with Gasteiger partial charge in [-0.15, -0.1) is 0 Å². The van der Waals surface area contributed by atoms with E-state index in [0.717, 1.165) is 0 Å². The molecule has 0 radical (unpaired) electrons. The zero-order valence-electron chi connectivity index (χ0n) is 9.00. The zero-order valence-corrected chi connectivity index (χ0v) is 9.75. The molecule has 1 fully saturated rings. The molecule has 17 heavy (non-hydrogen) atoms. The molecule has 0 aromatic heterocycles. The molecule has 0 bridgehead atoms. The van der Waals surface area contributed by atoms with E-state index in [0.29, 0.717) is 18.5 Å². The van der Waals surface area contributed by atoms with Crippen LogP contribution < -0.4 is 16.8 Å². The highest BCUT2D eigenvalue weighted by Crippen LogP contribution is 2.33. The molecule has 1 aliphatic carbocycles. The average Bonchev–Trinajstić information content (AvgIpc) is 3.00. The van der Waals surface area contributed by atoms with E-state index in [2.05, 4.69) is 5.32 Å². The number of hydrogen-bond acceptors (Lipinski definition) is 3. The lowest BCUT2D eigenvalue weighted by Gasteiger charge is -2.11. The Balaban J connectivity index is 2.19. The Kier molecular flexibility index (Phi) is 2.81. The van der Waals surface area contributed by atoms with Crippen LogP contribution in [-0.4, -0.2) is 17.4 Å². The summed E-state index contributed by atoms with van der Waals surface area (Å²) in [5.41, 5.74) is 10.8. The third kappa shape index (κ3) is 2.40. The minimum Gasteiger partial charge on any atom is -0.366 e. The van der Waals surface area contributed by atoms with Gasteiger partial charge >= 0.3 is 0 Å². The fourth-order valence-corrected chi connectivity index (χ4v) is 1.62. The quantitative estimate of drug-likeness (QED) is 0.745. The van der Waals surface area contributed by atoms with Crippen molar-refractivity contribution < 1.29 is 9.59 Å². The first-order valence-corrected chi connectivity index (χ1v) is 5.50. The molecule has 5 nitrogen and oxygen atoms in total. The van der Waals surface area contributed by atoms with Crippen molar-refractivity contribution in [1.29, 1.82) is 0 Å². The van der Waals surface area contributed by atoms with Crippen molar-refractivity contribution >= 4 is 29.1 Å². The molecule has 0 unspecified atom stereocenters. The lowest BCUT2D eigenvalue weighted by Crippen LogP contribution is -2.37. The van der Waals surface area contributed by atoms with Crippen LogP contribution in [0.2, 0.25) is 5.02 Å². The van der Waals surface area contributed by atoms with Gasteiger partial charge in [0.2, 0.25) is 11.8 Å². The van der Waals surface area contributed by atoms with Crippen LogP contribution in [0.5, 0.6) is 0 Å². The molecule has 0 saturated heterocycles. The van der Waals surface area contributed by atoms with Crippen molar-refractivity contribution in [2.45, 2.75) is 18.4 Å². The standard InChI is InChI=1S/C11H12ClN3O2/c12-8-2-1-6(5-7(8)9(13)16)15-10(17)11(14)3-4-11/h1-2,5H,3-4,14H2,(H2,13,16)(H,15,17). The Morgan fingerprint density at radius 2 is 2.00 bits per heavy atom. The summed E-state index contributed by atoms with van der Waals surface area (Å²) < 4.78 is 0. The fourth-order valence-electron chi connectivity index (χ4n) is 1.41. The van der Waals surface area contributed by atoms with Gasteiger partial charge in [-0.2, -0.15) is 0 Å². The highest BCUT2D eigenvalue weighted by molar-refractivity contribution is 6.34. The van der Waals surface area contributed by atoms with E-state index in [9.17, 15) is 9.59 Å². The van der Waals surface area contributed by atoms with Gasteiger partial charge in [0.1, 0.15) is 0 Å². The molecule has 2 rings (SSSR count). The first-order valence-electron chi connectivity index (χ1n) is 5.12. The van der Waals surface area contributed by atoms with Gasteiger partial charge in [-0.25, -0.2) is 0 Å². The summed E-state index contributed by atoms with van der Waals surface area (Å²) in [4.78, 5) is 22.7. The molecule has 0 atom stereocenters. The number of amides is 2. The molecule has 0 aliphatic heterocycles. The molecule has 1 aromatic carbocycles. The third-order valence-corrected chi connectivity index (χ3v) is 3.06. The van der Waals surface area contributed by atoms with Gasteiger partial charge < -0.3 is 16.8 Å². The SMILES string of the molecule is NC(=O)c1cc(NC(=O)C2(N)CC2)ccc1Cl. The van der Waals surface area contributed by atoms with E-state index in [1.165, 1.54) is 12.1 Å². The van der Waals surface area contributed by atoms with Gasteiger partial charge in [0.05, 0.1) is 16.1 Å². The highest BCUT2D eigenvalue weighted by atomic mass is 35.5. The monoisotopic (exact) mass is 253 g/mol. The van der Waals surface area contributed by atoms with Gasteiger partial charge in [-0.3, -0.25) is 9.59 Å². The zero-order chi connectivity index (χ0) is 12.6. The average molecular weight is 254 g/mol. The van der Waals surface area contributed by atoms with Crippen molar-refractivity contribution in [2.24, 2.45) is 11.5 Å². The summed E-state index contributed by atoms with van der Waals surface area (Å²) in [6.45, 7) is 0. The van der Waals surface area contributed by atoms with Crippen LogP contribution in [0.3, 0.4) is 0 Å². The second kappa shape index (κ2) is 4.01. The maximum absolute atomic E-state index is 11.7. The number of hydrogen-bond donors (Lipinski definition) is 3. The summed E-state index contributed by atoms with van der Waals surface area (Å²) in [6, 6.07) is 4.54. The van der Waals surface area contributed by atoms with Crippen molar-refractivity contribution in [3.05, 3.63) is 28.8 Å². The van der Waals surface area contributed by atoms with Crippen molar-refractivity contribution in [3.63, 3.8) is 0 Å². The van der Waals surface area contributed by atoms with Crippen LogP contribution in [-0.2, 0) is 4.79 Å². The van der Waals surface area contributed by atoms with Crippen LogP contribution in [0.25, 0.3) is 0 Å². The van der Waals surface area contributed by atoms with Gasteiger partial charge in [0.15, 0.2) is 0 Å². The molecule has 90 valence electrons. The van der Waals surface area contributed by atoms with E-state index in [1.807, 2.05) is 0 Å². The van der Waals surface area contributed by atoms with Gasteiger partial charge in [-0.05, 0) is 31.0 Å². The molecule has 1 aliphatic rings. The predicted octanol–water partition coefficient (Wildman–Crippen LogP) is 0.869. The predicted molar refractivity (Wildman–Crippen MR) is 64.8 cm³/mol. The molecule has 5 N–H and O–H groups in total. The number of anilines is 1. The first-order chi connectivity index (χ1) is 7.92. The maximum Gasteiger partial charge on any atom is 0.250 e. The van der Waals surface area contributed by atoms with Crippen molar-refractivity contribution in [1.82, 2.24) is 0 Å². The molecular formula is C11H12ClN3O2. The maximum atomic E-state index is 11.7. The number of nitrogens with one attached hydrogen (secondary N) is 1. The third-order valence-electron chi connectivity index (χ3n) is 2.73. The number of carbonyl (C=O) groups is 2. The normalized spacial score (nSPS) is 16.4. The summed E-state index contributed by atoms with van der Waals surface area (Å²) in [5, 5.41) is 2.89. The van der Waals surface area contributed by atoms with Crippen LogP contribution in [0.1, 0.15) is 23.2 Å². The summed E-state index contributed by atoms with van der Waals surface area (Å²) in [5.74, 6) is -0.893. The Morgan fingerprint density at radius 3 is 2.53 bits per heavy atom. The lowest BCUT2D eigenvalue weighted by molar-refractivity contribution is -0.118. The Morgan fingerprint density at radius 1 is 1.35 bits per heavy atom. The molecule has 0 heterocycles. The minimum absolute atomic E-state index is 0.173. The van der Waals surface area contributed by atoms with Crippen LogP contribution in [0.15, 0.2) is 18.2 Å². The molecule has 0 spiro atoms. The Hall–Kier alpha value is -1.59. The second-order valence-corrected chi connectivity index (χ2v) is 4.58. The molecule has 2 amide bonds. The largest absolute Gasteiger partial charge is 0.366 e. The smallest absolute Gasteiger partial charge is 0.250 e. The van der Waals surface area contributed by atoms with Crippen molar-refractivity contribution in [3.8, 4) is 0 Å². The van der Waals surface area contributed by atoms with Crippen molar-refractivity contribution in [2.75, 3.05) is 5.32 Å². The summed E-state index contributed by atoms with van der Waals surface area (Å²) >= 11 is 5.79. The van der Waals surface area contributed by atoms with Gasteiger partial charge in [-0.1, -0.05) is 11.6 Å². The summed E-state index contributed by atoms with van der Waals surface area (Å²) in [7, 11) is 0. The lowest BCUT2D eigenvalue weighted by atomic mass is 10.1. The highest BCUT2D eigenvalue weighted by Gasteiger charge is 2.45. The Bertz CT molecular complexity index is 497. The minimum atomic E-state index is -0.757. The fraction of sp³-hybridized carbons (Fsp3) is 0.273. The van der Waals surface area contributed by atoms with E-state index in [-0.39, 0.29) is 16.5 Å². The Labute approximate surface area is 103 Å². The topological polar surface area (TPSA) is 98.2 Å². The molecule has 1 aromatic rings. The first kappa shape index (κ1) is 11.9. The number of benzene rings is 1. The molecule has 1 saturated carbocycles. The van der Waals surface area contributed by atoms with E-state index in [1.54, 1.807) is 6.07 Å². The number of rotatable bonds is 3. The number of primary amides is 1. The summed E-state index contributed by atoms with van der Waals surface area (Å²) in [6.07, 6.45) is 1.35. The molecule has 6 heteroatoms.